The molecule has 1 aliphatic carbocycles. The minimum Gasteiger partial charge on any atom is -0.493 e. The molecule has 0 aromatic heterocycles. The number of hydrogen-bond acceptors (Lipinski definition) is 3. The van der Waals surface area contributed by atoms with E-state index in [-0.39, 0.29) is 24.0 Å². The highest BCUT2D eigenvalue weighted by atomic mass is 127. The first kappa shape index (κ1) is 19.9. The molecule has 0 aliphatic heterocycles. The smallest absolute Gasteiger partial charge is 0.191 e. The summed E-state index contributed by atoms with van der Waals surface area (Å²) in [5, 5.41) is 0. The van der Waals surface area contributed by atoms with Gasteiger partial charge in [0.25, 0.3) is 0 Å². The van der Waals surface area contributed by atoms with Crippen molar-refractivity contribution in [3.63, 3.8) is 0 Å². The van der Waals surface area contributed by atoms with Crippen molar-refractivity contribution in [1.29, 1.82) is 0 Å². The first-order valence-electron chi connectivity index (χ1n) is 7.15. The molecule has 1 aromatic rings. The van der Waals surface area contributed by atoms with E-state index in [4.69, 9.17) is 10.5 Å². The van der Waals surface area contributed by atoms with Gasteiger partial charge in [0.05, 0.1) is 13.2 Å². The highest BCUT2D eigenvalue weighted by Crippen LogP contribution is 2.24. The van der Waals surface area contributed by atoms with Crippen molar-refractivity contribution in [3.05, 3.63) is 28.7 Å². The van der Waals surface area contributed by atoms with E-state index < -0.39 is 0 Å². The van der Waals surface area contributed by atoms with Crippen LogP contribution in [0.3, 0.4) is 0 Å². The van der Waals surface area contributed by atoms with Crippen LogP contribution in [0.15, 0.2) is 33.7 Å². The summed E-state index contributed by atoms with van der Waals surface area (Å²) >= 11 is 5.27. The minimum atomic E-state index is 0. The summed E-state index contributed by atoms with van der Waals surface area (Å²) < 4.78 is 6.71. The largest absolute Gasteiger partial charge is 0.493 e. The summed E-state index contributed by atoms with van der Waals surface area (Å²) in [7, 11) is 2.02. The van der Waals surface area contributed by atoms with Gasteiger partial charge < -0.3 is 15.4 Å². The van der Waals surface area contributed by atoms with Crippen LogP contribution >= 0.6 is 51.7 Å². The van der Waals surface area contributed by atoms with Gasteiger partial charge in [0.15, 0.2) is 5.96 Å². The van der Waals surface area contributed by atoms with Crippen molar-refractivity contribution < 1.29 is 4.74 Å². The number of hydrogen-bond donors (Lipinski definition) is 1. The van der Waals surface area contributed by atoms with Crippen molar-refractivity contribution in [1.82, 2.24) is 4.90 Å². The van der Waals surface area contributed by atoms with Crippen molar-refractivity contribution in [2.45, 2.75) is 18.9 Å². The Morgan fingerprint density at radius 3 is 2.91 bits per heavy atom. The normalized spacial score (nSPS) is 14.4. The SMILES string of the molecule is CN(C(N)=NCCSCCOc1cccc(Br)c1)C1CC1.I. The van der Waals surface area contributed by atoms with Gasteiger partial charge in [-0.1, -0.05) is 22.0 Å². The van der Waals surface area contributed by atoms with Gasteiger partial charge in [-0.05, 0) is 31.0 Å². The fourth-order valence-corrected chi connectivity index (χ4v) is 2.87. The summed E-state index contributed by atoms with van der Waals surface area (Å²) in [5.74, 6) is 3.50. The van der Waals surface area contributed by atoms with E-state index in [1.165, 1.54) is 12.8 Å². The number of aliphatic imine (C=N–C) groups is 1. The van der Waals surface area contributed by atoms with E-state index in [1.54, 1.807) is 0 Å². The molecule has 1 aliphatic rings. The number of nitrogens with zero attached hydrogens (tertiary/aromatic N) is 2. The van der Waals surface area contributed by atoms with Crippen LogP contribution in [-0.4, -0.2) is 48.6 Å². The molecule has 0 atom stereocenters. The number of nitrogens with two attached hydrogens (primary N) is 1. The fraction of sp³-hybridized carbons (Fsp3) is 0.533. The monoisotopic (exact) mass is 499 g/mol. The predicted molar refractivity (Wildman–Crippen MR) is 110 cm³/mol. The third-order valence-corrected chi connectivity index (χ3v) is 4.68. The highest BCUT2D eigenvalue weighted by molar-refractivity contribution is 14.0. The van der Waals surface area contributed by atoms with Crippen LogP contribution in [0.5, 0.6) is 5.75 Å². The lowest BCUT2D eigenvalue weighted by atomic mass is 10.3. The molecule has 0 saturated heterocycles. The van der Waals surface area contributed by atoms with Gasteiger partial charge in [0.1, 0.15) is 5.75 Å². The van der Waals surface area contributed by atoms with Crippen LogP contribution < -0.4 is 10.5 Å². The number of guanidine groups is 1. The van der Waals surface area contributed by atoms with E-state index in [2.05, 4.69) is 25.8 Å². The number of rotatable bonds is 8. The zero-order valence-corrected chi connectivity index (χ0v) is 17.4. The second-order valence-electron chi connectivity index (χ2n) is 5.00. The average molecular weight is 500 g/mol. The van der Waals surface area contributed by atoms with Crippen molar-refractivity contribution in [2.24, 2.45) is 10.7 Å². The Morgan fingerprint density at radius 2 is 2.23 bits per heavy atom. The number of benzene rings is 1. The minimum absolute atomic E-state index is 0. The quantitative estimate of drug-likeness (QED) is 0.257. The molecule has 2 rings (SSSR count). The van der Waals surface area contributed by atoms with E-state index in [0.717, 1.165) is 28.3 Å². The molecule has 0 spiro atoms. The zero-order valence-electron chi connectivity index (χ0n) is 12.7. The molecule has 1 aromatic carbocycles. The molecule has 0 bridgehead atoms. The van der Waals surface area contributed by atoms with Crippen molar-refractivity contribution in [3.8, 4) is 5.75 Å². The molecule has 4 nitrogen and oxygen atoms in total. The Labute approximate surface area is 162 Å². The highest BCUT2D eigenvalue weighted by Gasteiger charge is 2.27. The van der Waals surface area contributed by atoms with Gasteiger partial charge in [-0.25, -0.2) is 0 Å². The van der Waals surface area contributed by atoms with Crippen LogP contribution in [0.25, 0.3) is 0 Å². The summed E-state index contributed by atoms with van der Waals surface area (Å²) in [4.78, 5) is 6.49. The average Bonchev–Trinajstić information content (AvgIpc) is 3.30. The molecule has 124 valence electrons. The van der Waals surface area contributed by atoms with Crippen LogP contribution in [0, 0.1) is 0 Å². The maximum absolute atomic E-state index is 5.93. The first-order chi connectivity index (χ1) is 10.2. The zero-order chi connectivity index (χ0) is 15.1. The summed E-state index contributed by atoms with van der Waals surface area (Å²) in [6.07, 6.45) is 2.49. The number of thioether (sulfide) groups is 1. The summed E-state index contributed by atoms with van der Waals surface area (Å²) in [6.45, 7) is 1.48. The van der Waals surface area contributed by atoms with Gasteiger partial charge in [0, 0.05) is 29.1 Å². The van der Waals surface area contributed by atoms with E-state index in [0.29, 0.717) is 18.6 Å². The molecule has 1 saturated carbocycles. The second kappa shape index (κ2) is 10.6. The van der Waals surface area contributed by atoms with Gasteiger partial charge in [-0.15, -0.1) is 24.0 Å². The Kier molecular flexibility index (Phi) is 9.58. The lowest BCUT2D eigenvalue weighted by Gasteiger charge is -2.16. The summed E-state index contributed by atoms with van der Waals surface area (Å²) in [5.41, 5.74) is 5.93. The second-order valence-corrected chi connectivity index (χ2v) is 7.14. The number of halogens is 2. The molecule has 0 heterocycles. The molecule has 0 unspecified atom stereocenters. The summed E-state index contributed by atoms with van der Waals surface area (Å²) in [6, 6.07) is 8.53. The van der Waals surface area contributed by atoms with Gasteiger partial charge in [-0.3, -0.25) is 4.99 Å². The van der Waals surface area contributed by atoms with Crippen LogP contribution in [0.4, 0.5) is 0 Å². The standard InChI is InChI=1S/C15H22BrN3OS.HI/c1-19(13-5-6-13)15(17)18-7-9-21-10-8-20-14-4-2-3-12(16)11-14;/h2-4,11,13H,5-10H2,1H3,(H2,17,18);1H. The molecule has 22 heavy (non-hydrogen) atoms. The van der Waals surface area contributed by atoms with E-state index in [9.17, 15) is 0 Å². The molecule has 0 radical (unpaired) electrons. The Hall–Kier alpha value is -0.150. The third kappa shape index (κ3) is 7.41. The first-order valence-corrected chi connectivity index (χ1v) is 9.10. The third-order valence-electron chi connectivity index (χ3n) is 3.26. The van der Waals surface area contributed by atoms with Crippen molar-refractivity contribution >= 4 is 57.6 Å². The van der Waals surface area contributed by atoms with Crippen LogP contribution in [0.1, 0.15) is 12.8 Å². The van der Waals surface area contributed by atoms with Crippen molar-refractivity contribution in [2.75, 3.05) is 31.7 Å². The van der Waals surface area contributed by atoms with Crippen LogP contribution in [-0.2, 0) is 0 Å². The Balaban J connectivity index is 0.00000242. The number of ether oxygens (including phenoxy) is 1. The maximum Gasteiger partial charge on any atom is 0.191 e. The molecule has 0 amide bonds. The van der Waals surface area contributed by atoms with E-state index in [1.807, 2.05) is 43.1 Å². The Bertz CT molecular complexity index is 486. The van der Waals surface area contributed by atoms with Gasteiger partial charge >= 0.3 is 0 Å². The fourth-order valence-electron chi connectivity index (χ4n) is 1.86. The molecule has 2 N–H and O–H groups in total. The van der Waals surface area contributed by atoms with E-state index >= 15 is 0 Å². The lowest BCUT2D eigenvalue weighted by Crippen LogP contribution is -2.35. The molecular weight excluding hydrogens is 477 g/mol. The Morgan fingerprint density at radius 1 is 1.45 bits per heavy atom. The molecule has 1 fully saturated rings. The maximum atomic E-state index is 5.93. The van der Waals surface area contributed by atoms with Gasteiger partial charge in [-0.2, -0.15) is 11.8 Å². The topological polar surface area (TPSA) is 50.8 Å². The predicted octanol–water partition coefficient (Wildman–Crippen LogP) is 3.59. The van der Waals surface area contributed by atoms with Crippen LogP contribution in [0.2, 0.25) is 0 Å². The molecule has 7 heteroatoms. The lowest BCUT2D eigenvalue weighted by molar-refractivity contribution is 0.344. The molecular formula is C15H23BrIN3OS. The van der Waals surface area contributed by atoms with Gasteiger partial charge in [0.2, 0.25) is 0 Å².